The van der Waals surface area contributed by atoms with Gasteiger partial charge in [-0.3, -0.25) is 9.69 Å². The summed E-state index contributed by atoms with van der Waals surface area (Å²) in [6, 6.07) is 7.51. The number of hydrogen-bond acceptors (Lipinski definition) is 4. The molecule has 1 N–H and O–H groups in total. The number of amides is 1. The minimum Gasteiger partial charge on any atom is -0.486 e. The SMILES string of the molecule is CC(C(=O)NCC1COc2ccccc2O1)N(C)CC1CCCCC1. The number of nitrogens with zero attached hydrogens (tertiary/aromatic N) is 1. The molecule has 2 unspecified atom stereocenters. The van der Waals surface area contributed by atoms with Gasteiger partial charge in [-0.25, -0.2) is 0 Å². The van der Waals surface area contributed by atoms with Crippen LogP contribution in [-0.2, 0) is 4.79 Å². The zero-order valence-corrected chi connectivity index (χ0v) is 15.4. The third-order valence-corrected chi connectivity index (χ3v) is 5.38. The van der Waals surface area contributed by atoms with Gasteiger partial charge in [0.15, 0.2) is 11.5 Å². The Morgan fingerprint density at radius 3 is 2.72 bits per heavy atom. The maximum Gasteiger partial charge on any atom is 0.237 e. The lowest BCUT2D eigenvalue weighted by Crippen LogP contribution is -2.48. The third kappa shape index (κ3) is 4.88. The number of likely N-dealkylation sites (N-methyl/N-ethyl adjacent to an activating group) is 1. The van der Waals surface area contributed by atoms with Gasteiger partial charge in [-0.1, -0.05) is 31.4 Å². The van der Waals surface area contributed by atoms with Crippen molar-refractivity contribution in [1.82, 2.24) is 10.2 Å². The van der Waals surface area contributed by atoms with Gasteiger partial charge in [0.2, 0.25) is 5.91 Å². The fourth-order valence-corrected chi connectivity index (χ4v) is 3.66. The summed E-state index contributed by atoms with van der Waals surface area (Å²) in [5.41, 5.74) is 0. The van der Waals surface area contributed by atoms with Crippen LogP contribution in [0.25, 0.3) is 0 Å². The summed E-state index contributed by atoms with van der Waals surface area (Å²) >= 11 is 0. The molecule has 1 saturated carbocycles. The minimum absolute atomic E-state index is 0.0563. The van der Waals surface area contributed by atoms with Crippen molar-refractivity contribution in [2.45, 2.75) is 51.2 Å². The van der Waals surface area contributed by atoms with Gasteiger partial charge in [0, 0.05) is 6.54 Å². The van der Waals surface area contributed by atoms with Crippen molar-refractivity contribution < 1.29 is 14.3 Å². The molecule has 0 aromatic heterocycles. The normalized spacial score (nSPS) is 21.8. The fraction of sp³-hybridized carbons (Fsp3) is 0.650. The van der Waals surface area contributed by atoms with Gasteiger partial charge in [-0.15, -0.1) is 0 Å². The molecule has 1 aliphatic carbocycles. The molecule has 2 atom stereocenters. The topological polar surface area (TPSA) is 50.8 Å². The summed E-state index contributed by atoms with van der Waals surface area (Å²) in [7, 11) is 2.05. The summed E-state index contributed by atoms with van der Waals surface area (Å²) in [4.78, 5) is 14.6. The highest BCUT2D eigenvalue weighted by Crippen LogP contribution is 2.30. The second kappa shape index (κ2) is 8.56. The van der Waals surface area contributed by atoms with Gasteiger partial charge in [-0.05, 0) is 44.9 Å². The number of carbonyl (C=O) groups excluding carboxylic acids is 1. The van der Waals surface area contributed by atoms with Crippen LogP contribution in [0.4, 0.5) is 0 Å². The van der Waals surface area contributed by atoms with Crippen LogP contribution >= 0.6 is 0 Å². The van der Waals surface area contributed by atoms with Crippen LogP contribution in [0.5, 0.6) is 11.5 Å². The molecule has 0 spiro atoms. The van der Waals surface area contributed by atoms with Crippen LogP contribution in [-0.4, -0.2) is 49.7 Å². The van der Waals surface area contributed by atoms with Crippen molar-refractivity contribution in [1.29, 1.82) is 0 Å². The number of rotatable bonds is 6. The van der Waals surface area contributed by atoms with E-state index in [-0.39, 0.29) is 18.1 Å². The molecule has 5 heteroatoms. The molecule has 3 rings (SSSR count). The zero-order chi connectivity index (χ0) is 17.6. The number of hydrogen-bond donors (Lipinski definition) is 1. The lowest BCUT2D eigenvalue weighted by Gasteiger charge is -2.31. The van der Waals surface area contributed by atoms with E-state index < -0.39 is 0 Å². The molecule has 25 heavy (non-hydrogen) atoms. The van der Waals surface area contributed by atoms with Crippen molar-refractivity contribution in [2.24, 2.45) is 5.92 Å². The van der Waals surface area contributed by atoms with Crippen LogP contribution in [0, 0.1) is 5.92 Å². The molecule has 2 aliphatic rings. The van der Waals surface area contributed by atoms with Gasteiger partial charge in [-0.2, -0.15) is 0 Å². The predicted octanol–water partition coefficient (Wildman–Crippen LogP) is 2.84. The lowest BCUT2D eigenvalue weighted by atomic mass is 9.89. The highest BCUT2D eigenvalue weighted by atomic mass is 16.6. The number of carbonyl (C=O) groups is 1. The van der Waals surface area contributed by atoms with E-state index in [1.165, 1.54) is 32.1 Å². The Morgan fingerprint density at radius 2 is 1.96 bits per heavy atom. The average molecular weight is 346 g/mol. The minimum atomic E-state index is -0.144. The third-order valence-electron chi connectivity index (χ3n) is 5.38. The monoisotopic (exact) mass is 346 g/mol. The predicted molar refractivity (Wildman–Crippen MR) is 98.0 cm³/mol. The summed E-state index contributed by atoms with van der Waals surface area (Å²) < 4.78 is 11.6. The number of para-hydroxylation sites is 2. The van der Waals surface area contributed by atoms with Crippen LogP contribution < -0.4 is 14.8 Å². The first kappa shape index (κ1) is 18.1. The maximum atomic E-state index is 12.5. The van der Waals surface area contributed by atoms with E-state index in [9.17, 15) is 4.79 Å². The van der Waals surface area contributed by atoms with Crippen LogP contribution in [0.3, 0.4) is 0 Å². The van der Waals surface area contributed by atoms with E-state index in [4.69, 9.17) is 9.47 Å². The second-order valence-corrected chi connectivity index (χ2v) is 7.36. The number of nitrogens with one attached hydrogen (secondary N) is 1. The van der Waals surface area contributed by atoms with E-state index in [1.54, 1.807) is 0 Å². The molecular weight excluding hydrogens is 316 g/mol. The van der Waals surface area contributed by atoms with Crippen LogP contribution in [0.2, 0.25) is 0 Å². The van der Waals surface area contributed by atoms with E-state index in [0.29, 0.717) is 13.2 Å². The van der Waals surface area contributed by atoms with E-state index >= 15 is 0 Å². The van der Waals surface area contributed by atoms with Gasteiger partial charge in [0.25, 0.3) is 0 Å². The highest BCUT2D eigenvalue weighted by Gasteiger charge is 2.25. The van der Waals surface area contributed by atoms with Gasteiger partial charge in [0.05, 0.1) is 12.6 Å². The Labute approximate surface area is 150 Å². The van der Waals surface area contributed by atoms with Crippen LogP contribution in [0.1, 0.15) is 39.0 Å². The molecule has 0 radical (unpaired) electrons. The number of fused-ring (bicyclic) bond motifs is 1. The van der Waals surface area contributed by atoms with E-state index in [1.807, 2.05) is 31.2 Å². The molecule has 1 aromatic rings. The Bertz CT molecular complexity index is 572. The van der Waals surface area contributed by atoms with Crippen molar-refractivity contribution in [2.75, 3.05) is 26.7 Å². The first-order valence-electron chi connectivity index (χ1n) is 9.50. The molecule has 0 bridgehead atoms. The van der Waals surface area contributed by atoms with Crippen molar-refractivity contribution in [3.05, 3.63) is 24.3 Å². The smallest absolute Gasteiger partial charge is 0.237 e. The van der Waals surface area contributed by atoms with Crippen molar-refractivity contribution in [3.63, 3.8) is 0 Å². The molecule has 138 valence electrons. The van der Waals surface area contributed by atoms with E-state index in [0.717, 1.165) is 24.0 Å². The fourth-order valence-electron chi connectivity index (χ4n) is 3.66. The Morgan fingerprint density at radius 1 is 1.24 bits per heavy atom. The maximum absolute atomic E-state index is 12.5. The molecule has 5 nitrogen and oxygen atoms in total. The highest BCUT2D eigenvalue weighted by molar-refractivity contribution is 5.81. The van der Waals surface area contributed by atoms with Crippen molar-refractivity contribution in [3.8, 4) is 11.5 Å². The molecule has 1 amide bonds. The molecule has 1 fully saturated rings. The Kier molecular flexibility index (Phi) is 6.19. The molecule has 1 aromatic carbocycles. The summed E-state index contributed by atoms with van der Waals surface area (Å²) in [6.45, 7) is 3.91. The zero-order valence-electron chi connectivity index (χ0n) is 15.4. The molecule has 1 heterocycles. The molecule has 0 saturated heterocycles. The Balaban J connectivity index is 1.42. The van der Waals surface area contributed by atoms with Crippen molar-refractivity contribution >= 4 is 5.91 Å². The first-order chi connectivity index (χ1) is 12.1. The summed E-state index contributed by atoms with van der Waals surface area (Å²) in [5.74, 6) is 2.31. The molecule has 1 aliphatic heterocycles. The van der Waals surface area contributed by atoms with Gasteiger partial charge in [0.1, 0.15) is 12.7 Å². The first-order valence-corrected chi connectivity index (χ1v) is 9.50. The quantitative estimate of drug-likeness (QED) is 0.860. The summed E-state index contributed by atoms with van der Waals surface area (Å²) in [5, 5.41) is 3.02. The Hall–Kier alpha value is -1.75. The number of ether oxygens (including phenoxy) is 2. The lowest BCUT2D eigenvalue weighted by molar-refractivity contribution is -0.126. The van der Waals surface area contributed by atoms with E-state index in [2.05, 4.69) is 17.3 Å². The summed E-state index contributed by atoms with van der Waals surface area (Å²) in [6.07, 6.45) is 6.48. The average Bonchev–Trinajstić information content (AvgIpc) is 2.66. The second-order valence-electron chi connectivity index (χ2n) is 7.36. The van der Waals surface area contributed by atoms with Gasteiger partial charge < -0.3 is 14.8 Å². The van der Waals surface area contributed by atoms with Gasteiger partial charge >= 0.3 is 0 Å². The standard InChI is InChI=1S/C20H30N2O3/c1-15(22(2)13-16-8-4-3-5-9-16)20(23)21-12-17-14-24-18-10-6-7-11-19(18)25-17/h6-7,10-11,15-17H,3-5,8-9,12-14H2,1-2H3,(H,21,23). The molecular formula is C20H30N2O3. The largest absolute Gasteiger partial charge is 0.486 e. The van der Waals surface area contributed by atoms with Crippen LogP contribution in [0.15, 0.2) is 24.3 Å². The number of benzene rings is 1.